The smallest absolute Gasteiger partial charge is 0.340 e. The molecule has 0 aliphatic heterocycles. The lowest BCUT2D eigenvalue weighted by atomic mass is 10.1. The van der Waals surface area contributed by atoms with Gasteiger partial charge in [-0.25, -0.2) is 4.79 Å². The molecule has 0 saturated heterocycles. The van der Waals surface area contributed by atoms with Gasteiger partial charge in [0.05, 0.1) is 24.4 Å². The molecule has 0 spiro atoms. The van der Waals surface area contributed by atoms with Gasteiger partial charge in [0.25, 0.3) is 0 Å². The second kappa shape index (κ2) is 8.15. The van der Waals surface area contributed by atoms with Crippen LogP contribution < -0.4 is 10.6 Å². The van der Waals surface area contributed by atoms with Crippen molar-refractivity contribution < 1.29 is 14.3 Å². The third-order valence-electron chi connectivity index (χ3n) is 3.52. The molecule has 5 heteroatoms. The Morgan fingerprint density at radius 2 is 1.79 bits per heavy atom. The van der Waals surface area contributed by atoms with Crippen LogP contribution in [0.2, 0.25) is 0 Å². The maximum atomic E-state index is 12.2. The molecule has 5 nitrogen and oxygen atoms in total. The molecule has 126 valence electrons. The van der Waals surface area contributed by atoms with Crippen LogP contribution in [0.15, 0.2) is 42.5 Å². The number of para-hydroxylation sites is 1. The monoisotopic (exact) mass is 326 g/mol. The van der Waals surface area contributed by atoms with E-state index >= 15 is 0 Å². The molecule has 0 fully saturated rings. The summed E-state index contributed by atoms with van der Waals surface area (Å²) < 4.78 is 5.00. The van der Waals surface area contributed by atoms with Gasteiger partial charge in [0.1, 0.15) is 0 Å². The SMILES string of the molecule is CCOC(=O)c1ccccc1NC(=O)CNc1ccc(C)cc1C. The minimum absolute atomic E-state index is 0.112. The first kappa shape index (κ1) is 17.5. The van der Waals surface area contributed by atoms with Crippen LogP contribution in [0, 0.1) is 13.8 Å². The topological polar surface area (TPSA) is 67.4 Å². The van der Waals surface area contributed by atoms with Crippen LogP contribution in [0.3, 0.4) is 0 Å². The van der Waals surface area contributed by atoms with Gasteiger partial charge < -0.3 is 15.4 Å². The van der Waals surface area contributed by atoms with Gasteiger partial charge in [-0.15, -0.1) is 0 Å². The Morgan fingerprint density at radius 1 is 1.04 bits per heavy atom. The van der Waals surface area contributed by atoms with Gasteiger partial charge >= 0.3 is 5.97 Å². The van der Waals surface area contributed by atoms with Crippen LogP contribution in [-0.2, 0) is 9.53 Å². The molecule has 24 heavy (non-hydrogen) atoms. The number of rotatable bonds is 6. The van der Waals surface area contributed by atoms with E-state index in [1.807, 2.05) is 26.0 Å². The second-order valence-corrected chi connectivity index (χ2v) is 5.49. The lowest BCUT2D eigenvalue weighted by Crippen LogP contribution is -2.23. The average Bonchev–Trinajstić information content (AvgIpc) is 2.54. The third-order valence-corrected chi connectivity index (χ3v) is 3.52. The van der Waals surface area contributed by atoms with Crippen molar-refractivity contribution in [3.05, 3.63) is 59.2 Å². The number of ether oxygens (including phenoxy) is 1. The van der Waals surface area contributed by atoms with Crippen molar-refractivity contribution in [2.45, 2.75) is 20.8 Å². The standard InChI is InChI=1S/C19H22N2O3/c1-4-24-19(23)15-7-5-6-8-17(15)21-18(22)12-20-16-10-9-13(2)11-14(16)3/h5-11,20H,4,12H2,1-3H3,(H,21,22). The van der Waals surface area contributed by atoms with Gasteiger partial charge in [-0.05, 0) is 44.5 Å². The van der Waals surface area contributed by atoms with Crippen molar-refractivity contribution in [3.63, 3.8) is 0 Å². The van der Waals surface area contributed by atoms with E-state index in [0.29, 0.717) is 11.3 Å². The molecule has 2 aromatic rings. The number of benzene rings is 2. The van der Waals surface area contributed by atoms with Crippen molar-refractivity contribution in [1.82, 2.24) is 0 Å². The zero-order valence-electron chi connectivity index (χ0n) is 14.2. The highest BCUT2D eigenvalue weighted by Crippen LogP contribution is 2.17. The van der Waals surface area contributed by atoms with Crippen LogP contribution in [0.5, 0.6) is 0 Å². The third kappa shape index (κ3) is 4.59. The van der Waals surface area contributed by atoms with Crippen molar-refractivity contribution in [3.8, 4) is 0 Å². The molecule has 2 aromatic carbocycles. The molecule has 2 rings (SSSR count). The zero-order valence-corrected chi connectivity index (χ0v) is 14.2. The number of hydrogen-bond acceptors (Lipinski definition) is 4. The molecule has 0 radical (unpaired) electrons. The fourth-order valence-corrected chi connectivity index (χ4v) is 2.36. The predicted octanol–water partition coefficient (Wildman–Crippen LogP) is 3.53. The lowest BCUT2D eigenvalue weighted by Gasteiger charge is -2.12. The van der Waals surface area contributed by atoms with Crippen LogP contribution in [-0.4, -0.2) is 25.0 Å². The average molecular weight is 326 g/mol. The Bertz CT molecular complexity index is 741. The largest absolute Gasteiger partial charge is 0.462 e. The minimum atomic E-state index is -0.448. The Kier molecular flexibility index (Phi) is 5.95. The number of nitrogens with one attached hydrogen (secondary N) is 2. The van der Waals surface area contributed by atoms with Crippen LogP contribution >= 0.6 is 0 Å². The molecule has 0 aliphatic carbocycles. The number of esters is 1. The summed E-state index contributed by atoms with van der Waals surface area (Å²) in [6.07, 6.45) is 0. The van der Waals surface area contributed by atoms with Crippen LogP contribution in [0.1, 0.15) is 28.4 Å². The van der Waals surface area contributed by atoms with Crippen molar-refractivity contribution in [2.75, 3.05) is 23.8 Å². The van der Waals surface area contributed by atoms with Crippen molar-refractivity contribution >= 4 is 23.3 Å². The normalized spacial score (nSPS) is 10.1. The number of carbonyl (C=O) groups is 2. The summed E-state index contributed by atoms with van der Waals surface area (Å²) in [5, 5.41) is 5.85. The highest BCUT2D eigenvalue weighted by molar-refractivity contribution is 6.02. The first-order valence-corrected chi connectivity index (χ1v) is 7.88. The molecule has 0 unspecified atom stereocenters. The first-order valence-electron chi connectivity index (χ1n) is 7.88. The van der Waals surface area contributed by atoms with E-state index in [1.54, 1.807) is 31.2 Å². The first-order chi connectivity index (χ1) is 11.5. The van der Waals surface area contributed by atoms with E-state index < -0.39 is 5.97 Å². The zero-order chi connectivity index (χ0) is 17.5. The van der Waals surface area contributed by atoms with Crippen molar-refractivity contribution in [2.24, 2.45) is 0 Å². The number of aryl methyl sites for hydroxylation is 2. The summed E-state index contributed by atoms with van der Waals surface area (Å²) in [6.45, 7) is 6.16. The van der Waals surface area contributed by atoms with Gasteiger partial charge in [0.2, 0.25) is 5.91 Å². The Balaban J connectivity index is 2.01. The van der Waals surface area contributed by atoms with E-state index in [-0.39, 0.29) is 19.1 Å². The fraction of sp³-hybridized carbons (Fsp3) is 0.263. The number of hydrogen-bond donors (Lipinski definition) is 2. The number of carbonyl (C=O) groups excluding carboxylic acids is 2. The molecule has 1 amide bonds. The van der Waals surface area contributed by atoms with E-state index in [2.05, 4.69) is 16.7 Å². The molecule has 0 heterocycles. The number of amides is 1. The Morgan fingerprint density at radius 3 is 2.50 bits per heavy atom. The summed E-state index contributed by atoms with van der Waals surface area (Å²) in [7, 11) is 0. The van der Waals surface area contributed by atoms with Gasteiger partial charge in [0.15, 0.2) is 0 Å². The van der Waals surface area contributed by atoms with Gasteiger partial charge in [-0.1, -0.05) is 29.8 Å². The summed E-state index contributed by atoms with van der Waals surface area (Å²) in [5.74, 6) is -0.678. The van der Waals surface area contributed by atoms with Gasteiger partial charge in [-0.3, -0.25) is 4.79 Å². The lowest BCUT2D eigenvalue weighted by molar-refractivity contribution is -0.114. The second-order valence-electron chi connectivity index (χ2n) is 5.49. The summed E-state index contributed by atoms with van der Waals surface area (Å²) in [4.78, 5) is 24.1. The van der Waals surface area contributed by atoms with E-state index in [4.69, 9.17) is 4.74 Å². The van der Waals surface area contributed by atoms with Crippen LogP contribution in [0.4, 0.5) is 11.4 Å². The van der Waals surface area contributed by atoms with Gasteiger partial charge in [-0.2, -0.15) is 0 Å². The molecule has 0 aromatic heterocycles. The molecule has 2 N–H and O–H groups in total. The molecule has 0 bridgehead atoms. The van der Waals surface area contributed by atoms with E-state index in [9.17, 15) is 9.59 Å². The highest BCUT2D eigenvalue weighted by atomic mass is 16.5. The van der Waals surface area contributed by atoms with E-state index in [0.717, 1.165) is 11.3 Å². The fourth-order valence-electron chi connectivity index (χ4n) is 2.36. The minimum Gasteiger partial charge on any atom is -0.462 e. The molecular weight excluding hydrogens is 304 g/mol. The Hall–Kier alpha value is -2.82. The molecule has 0 saturated carbocycles. The highest BCUT2D eigenvalue weighted by Gasteiger charge is 2.13. The number of anilines is 2. The summed E-state index contributed by atoms with van der Waals surface area (Å²) in [6, 6.07) is 12.8. The van der Waals surface area contributed by atoms with E-state index in [1.165, 1.54) is 5.56 Å². The Labute approximate surface area is 142 Å². The van der Waals surface area contributed by atoms with Gasteiger partial charge in [0, 0.05) is 5.69 Å². The van der Waals surface area contributed by atoms with Crippen LogP contribution in [0.25, 0.3) is 0 Å². The molecule has 0 atom stereocenters. The molecular formula is C19H22N2O3. The van der Waals surface area contributed by atoms with Crippen molar-refractivity contribution in [1.29, 1.82) is 0 Å². The molecule has 0 aliphatic rings. The quantitative estimate of drug-likeness (QED) is 0.797. The maximum Gasteiger partial charge on any atom is 0.340 e. The maximum absolute atomic E-state index is 12.2. The summed E-state index contributed by atoms with van der Waals surface area (Å²) >= 11 is 0. The summed E-state index contributed by atoms with van der Waals surface area (Å²) in [5.41, 5.74) is 3.96. The predicted molar refractivity (Wildman–Crippen MR) is 95.4 cm³/mol.